The SMILES string of the molecule is CCC(C)(CO)Nc1cc(C(=O)O)c(F)cc1[N+](=O)[O-]. The summed E-state index contributed by atoms with van der Waals surface area (Å²) < 4.78 is 13.5. The van der Waals surface area contributed by atoms with E-state index in [1.807, 2.05) is 0 Å². The van der Waals surface area contributed by atoms with Crippen molar-refractivity contribution in [3.8, 4) is 0 Å². The molecule has 0 fully saturated rings. The molecule has 110 valence electrons. The molecule has 0 aliphatic carbocycles. The van der Waals surface area contributed by atoms with Gasteiger partial charge in [0.15, 0.2) is 0 Å². The number of nitrogens with zero attached hydrogens (tertiary/aromatic N) is 1. The van der Waals surface area contributed by atoms with E-state index in [1.54, 1.807) is 13.8 Å². The zero-order chi connectivity index (χ0) is 15.5. The quantitative estimate of drug-likeness (QED) is 0.544. The Morgan fingerprint density at radius 2 is 2.15 bits per heavy atom. The zero-order valence-electron chi connectivity index (χ0n) is 11.0. The minimum absolute atomic E-state index is 0.146. The standard InChI is InChI=1S/C12H15FN2O5/c1-3-12(2,6-16)14-9-4-7(11(17)18)8(13)5-10(9)15(19)20/h4-5,14,16H,3,6H2,1-2H3,(H,17,18). The summed E-state index contributed by atoms with van der Waals surface area (Å²) in [6.45, 7) is 3.04. The third-order valence-electron chi connectivity index (χ3n) is 3.08. The van der Waals surface area contributed by atoms with E-state index in [0.717, 1.165) is 6.07 Å². The van der Waals surface area contributed by atoms with Crippen LogP contribution in [0.15, 0.2) is 12.1 Å². The molecule has 20 heavy (non-hydrogen) atoms. The second-order valence-corrected chi connectivity index (χ2v) is 4.61. The molecule has 0 heterocycles. The van der Waals surface area contributed by atoms with E-state index in [0.29, 0.717) is 12.5 Å². The van der Waals surface area contributed by atoms with Crippen LogP contribution in [0.3, 0.4) is 0 Å². The molecular weight excluding hydrogens is 271 g/mol. The van der Waals surface area contributed by atoms with Gasteiger partial charge in [0.1, 0.15) is 11.5 Å². The van der Waals surface area contributed by atoms with Gasteiger partial charge in [-0.25, -0.2) is 9.18 Å². The Hall–Kier alpha value is -2.22. The Kier molecular flexibility index (Phi) is 4.61. The Morgan fingerprint density at radius 1 is 1.55 bits per heavy atom. The highest BCUT2D eigenvalue weighted by atomic mass is 19.1. The van der Waals surface area contributed by atoms with E-state index in [9.17, 15) is 24.4 Å². The maximum atomic E-state index is 13.5. The number of carboxylic acids is 1. The van der Waals surface area contributed by atoms with Crippen LogP contribution in [0.2, 0.25) is 0 Å². The number of aromatic carboxylic acids is 1. The molecule has 1 rings (SSSR count). The van der Waals surface area contributed by atoms with E-state index >= 15 is 0 Å². The third-order valence-corrected chi connectivity index (χ3v) is 3.08. The normalized spacial score (nSPS) is 13.6. The monoisotopic (exact) mass is 286 g/mol. The average Bonchev–Trinajstić information content (AvgIpc) is 2.39. The van der Waals surface area contributed by atoms with E-state index in [1.165, 1.54) is 0 Å². The number of carboxylic acid groups (broad SMARTS) is 1. The molecule has 0 saturated carbocycles. The van der Waals surface area contributed by atoms with Crippen molar-refractivity contribution in [3.05, 3.63) is 33.6 Å². The zero-order valence-corrected chi connectivity index (χ0v) is 11.0. The first-order valence-electron chi connectivity index (χ1n) is 5.84. The van der Waals surface area contributed by atoms with Gasteiger partial charge in [-0.1, -0.05) is 6.92 Å². The Bertz CT molecular complexity index is 543. The van der Waals surface area contributed by atoms with Crippen molar-refractivity contribution in [2.75, 3.05) is 11.9 Å². The highest BCUT2D eigenvalue weighted by molar-refractivity contribution is 5.90. The highest BCUT2D eigenvalue weighted by Crippen LogP contribution is 2.31. The van der Waals surface area contributed by atoms with E-state index in [2.05, 4.69) is 5.32 Å². The molecule has 3 N–H and O–H groups in total. The minimum atomic E-state index is -1.53. The van der Waals surface area contributed by atoms with Gasteiger partial charge in [0, 0.05) is 0 Å². The summed E-state index contributed by atoms with van der Waals surface area (Å²) >= 11 is 0. The van der Waals surface area contributed by atoms with Gasteiger partial charge >= 0.3 is 5.97 Å². The summed E-state index contributed by atoms with van der Waals surface area (Å²) in [5.74, 6) is -2.71. The van der Waals surface area contributed by atoms with Crippen molar-refractivity contribution < 1.29 is 24.3 Å². The summed E-state index contributed by atoms with van der Waals surface area (Å²) in [7, 11) is 0. The van der Waals surface area contributed by atoms with Crippen LogP contribution in [0.5, 0.6) is 0 Å². The molecule has 1 atom stereocenters. The lowest BCUT2D eigenvalue weighted by Crippen LogP contribution is -2.38. The van der Waals surface area contributed by atoms with E-state index in [4.69, 9.17) is 5.11 Å². The molecule has 0 saturated heterocycles. The van der Waals surface area contributed by atoms with Crippen molar-refractivity contribution in [1.29, 1.82) is 0 Å². The second-order valence-electron chi connectivity index (χ2n) is 4.61. The molecule has 0 aromatic heterocycles. The van der Waals surface area contributed by atoms with Crippen LogP contribution in [0.1, 0.15) is 30.6 Å². The number of carbonyl (C=O) groups is 1. The summed E-state index contributed by atoms with van der Waals surface area (Å²) in [6, 6.07) is 1.42. The topological polar surface area (TPSA) is 113 Å². The summed E-state index contributed by atoms with van der Waals surface area (Å²) in [6.07, 6.45) is 0.431. The molecule has 1 aromatic carbocycles. The molecule has 1 aromatic rings. The smallest absolute Gasteiger partial charge is 0.338 e. The van der Waals surface area contributed by atoms with Crippen LogP contribution >= 0.6 is 0 Å². The fraction of sp³-hybridized carbons (Fsp3) is 0.417. The van der Waals surface area contributed by atoms with Crippen molar-refractivity contribution in [2.24, 2.45) is 0 Å². The Morgan fingerprint density at radius 3 is 2.55 bits per heavy atom. The molecule has 0 amide bonds. The van der Waals surface area contributed by atoms with Gasteiger partial charge in [-0.15, -0.1) is 0 Å². The molecule has 0 spiro atoms. The number of aliphatic hydroxyl groups is 1. The van der Waals surface area contributed by atoms with Crippen LogP contribution in [0, 0.1) is 15.9 Å². The van der Waals surface area contributed by atoms with Crippen LogP contribution in [-0.4, -0.2) is 33.3 Å². The predicted molar refractivity (Wildman–Crippen MR) is 69.4 cm³/mol. The first kappa shape index (κ1) is 15.8. The Labute approximate surface area is 114 Å². The van der Waals surface area contributed by atoms with Crippen LogP contribution in [0.4, 0.5) is 15.8 Å². The second kappa shape index (κ2) is 5.83. The van der Waals surface area contributed by atoms with Crippen molar-refractivity contribution in [2.45, 2.75) is 25.8 Å². The molecular formula is C12H15FN2O5. The number of halogens is 1. The van der Waals surface area contributed by atoms with Crippen molar-refractivity contribution in [3.63, 3.8) is 0 Å². The van der Waals surface area contributed by atoms with Gasteiger partial charge in [-0.05, 0) is 19.4 Å². The summed E-state index contributed by atoms with van der Waals surface area (Å²) in [5, 5.41) is 31.7. The molecule has 0 aliphatic rings. The van der Waals surface area contributed by atoms with Gasteiger partial charge in [0.2, 0.25) is 0 Å². The van der Waals surface area contributed by atoms with Crippen molar-refractivity contribution in [1.82, 2.24) is 0 Å². The summed E-state index contributed by atoms with van der Waals surface area (Å²) in [5.41, 5.74) is -2.28. The van der Waals surface area contributed by atoms with E-state index < -0.39 is 33.5 Å². The summed E-state index contributed by atoms with van der Waals surface area (Å²) in [4.78, 5) is 21.0. The first-order chi connectivity index (χ1) is 9.24. The third kappa shape index (κ3) is 3.21. The fourth-order valence-electron chi connectivity index (χ4n) is 1.54. The number of nitro groups is 1. The molecule has 7 nitrogen and oxygen atoms in total. The lowest BCUT2D eigenvalue weighted by molar-refractivity contribution is -0.384. The first-order valence-corrected chi connectivity index (χ1v) is 5.84. The van der Waals surface area contributed by atoms with E-state index in [-0.39, 0.29) is 12.3 Å². The number of nitro benzene ring substituents is 1. The fourth-order valence-corrected chi connectivity index (χ4v) is 1.54. The number of rotatable bonds is 6. The number of hydrogen-bond acceptors (Lipinski definition) is 5. The maximum Gasteiger partial charge on any atom is 0.338 e. The molecule has 8 heteroatoms. The maximum absolute atomic E-state index is 13.5. The lowest BCUT2D eigenvalue weighted by atomic mass is 9.99. The van der Waals surface area contributed by atoms with Crippen LogP contribution in [-0.2, 0) is 0 Å². The number of hydrogen-bond donors (Lipinski definition) is 3. The predicted octanol–water partition coefficient (Wildman–Crippen LogP) is 2.00. The molecule has 0 bridgehead atoms. The van der Waals surface area contributed by atoms with Crippen LogP contribution in [0.25, 0.3) is 0 Å². The van der Waals surface area contributed by atoms with Gasteiger partial charge in [0.05, 0.1) is 28.7 Å². The lowest BCUT2D eigenvalue weighted by Gasteiger charge is -2.28. The van der Waals surface area contributed by atoms with Crippen molar-refractivity contribution >= 4 is 17.3 Å². The average molecular weight is 286 g/mol. The highest BCUT2D eigenvalue weighted by Gasteiger charge is 2.27. The Balaban J connectivity index is 3.38. The molecule has 1 unspecified atom stereocenters. The van der Waals surface area contributed by atoms with Gasteiger partial charge in [-0.3, -0.25) is 10.1 Å². The van der Waals surface area contributed by atoms with Gasteiger partial charge in [-0.2, -0.15) is 0 Å². The molecule has 0 radical (unpaired) electrons. The van der Waals surface area contributed by atoms with Gasteiger partial charge < -0.3 is 15.5 Å². The minimum Gasteiger partial charge on any atom is -0.478 e. The van der Waals surface area contributed by atoms with Crippen LogP contribution < -0.4 is 5.32 Å². The number of benzene rings is 1. The number of anilines is 1. The van der Waals surface area contributed by atoms with Gasteiger partial charge in [0.25, 0.3) is 5.69 Å². The largest absolute Gasteiger partial charge is 0.478 e. The molecule has 0 aliphatic heterocycles. The number of aliphatic hydroxyl groups excluding tert-OH is 1. The number of nitrogens with one attached hydrogen (secondary N) is 1.